The van der Waals surface area contributed by atoms with E-state index in [-0.39, 0.29) is 25.2 Å². The number of hydrogen-bond donors (Lipinski definition) is 2. The monoisotopic (exact) mass is 581 g/mol. The quantitative estimate of drug-likeness (QED) is 0.307. The maximum absolute atomic E-state index is 13.3. The SMILES string of the molecule is CCN(CC)S(=O)(=O)NC(=O)c1ccc2c(C3CCCCC3)c(-c3ccc(OC)cc3)n(CC3(C(=O)O)CC3)c2c1. The van der Waals surface area contributed by atoms with Crippen molar-refractivity contribution in [2.24, 2.45) is 5.41 Å². The van der Waals surface area contributed by atoms with E-state index in [0.29, 0.717) is 18.8 Å². The number of fused-ring (bicyclic) bond motifs is 1. The van der Waals surface area contributed by atoms with Crippen LogP contribution in [0.25, 0.3) is 22.2 Å². The van der Waals surface area contributed by atoms with Gasteiger partial charge in [-0.15, -0.1) is 0 Å². The fourth-order valence-electron chi connectivity index (χ4n) is 6.24. The van der Waals surface area contributed by atoms with E-state index in [4.69, 9.17) is 4.74 Å². The van der Waals surface area contributed by atoms with Crippen LogP contribution in [0.15, 0.2) is 42.5 Å². The first kappa shape index (κ1) is 29.1. The highest BCUT2D eigenvalue weighted by atomic mass is 32.2. The minimum absolute atomic E-state index is 0.212. The average Bonchev–Trinajstić information content (AvgIpc) is 3.70. The number of rotatable bonds is 11. The molecule has 2 fully saturated rings. The predicted octanol–water partition coefficient (Wildman–Crippen LogP) is 5.55. The number of amides is 1. The number of hydrogen-bond acceptors (Lipinski definition) is 5. The molecule has 0 radical (unpaired) electrons. The Balaban J connectivity index is 1.70. The fraction of sp³-hybridized carbons (Fsp3) is 0.484. The number of methoxy groups -OCH3 is 1. The maximum atomic E-state index is 13.3. The summed E-state index contributed by atoms with van der Waals surface area (Å²) in [6.45, 7) is 4.20. The zero-order valence-electron chi connectivity index (χ0n) is 24.0. The lowest BCUT2D eigenvalue weighted by atomic mass is 9.81. The average molecular weight is 582 g/mol. The lowest BCUT2D eigenvalue weighted by molar-refractivity contribution is -0.143. The van der Waals surface area contributed by atoms with Crippen LogP contribution in [0.3, 0.4) is 0 Å². The standard InChI is InChI=1S/C31H39N3O6S/c1-4-33(5-2)41(38,39)32-29(35)23-13-16-25-26(19-23)34(20-31(17-18-31)30(36)37)28(22-11-14-24(40-3)15-12-22)27(25)21-9-7-6-8-10-21/h11-16,19,21H,4-10,17-18,20H2,1-3H3,(H,32,35)(H,36,37). The molecule has 2 N–H and O–H groups in total. The first-order valence-electron chi connectivity index (χ1n) is 14.5. The molecule has 0 saturated heterocycles. The number of ether oxygens (including phenoxy) is 1. The van der Waals surface area contributed by atoms with Gasteiger partial charge in [0.15, 0.2) is 0 Å². The van der Waals surface area contributed by atoms with Crippen molar-refractivity contribution >= 4 is 33.0 Å². The molecular formula is C31H39N3O6S. The van der Waals surface area contributed by atoms with Gasteiger partial charge in [0.1, 0.15) is 5.75 Å². The molecule has 9 nitrogen and oxygen atoms in total. The molecule has 2 saturated carbocycles. The highest BCUT2D eigenvalue weighted by Crippen LogP contribution is 2.51. The summed E-state index contributed by atoms with van der Waals surface area (Å²) in [5.74, 6) is -0.505. The number of carboxylic acids is 1. The van der Waals surface area contributed by atoms with Crippen LogP contribution in [-0.2, 0) is 21.5 Å². The molecule has 2 aliphatic rings. The molecular weight excluding hydrogens is 542 g/mol. The van der Waals surface area contributed by atoms with Gasteiger partial charge in [0.25, 0.3) is 5.91 Å². The molecule has 0 bridgehead atoms. The largest absolute Gasteiger partial charge is 0.497 e. The molecule has 0 atom stereocenters. The molecule has 5 rings (SSSR count). The van der Waals surface area contributed by atoms with Crippen LogP contribution in [0.2, 0.25) is 0 Å². The Labute approximate surface area is 241 Å². The summed E-state index contributed by atoms with van der Waals surface area (Å²) in [7, 11) is -2.37. The number of carbonyl (C=O) groups excluding carboxylic acids is 1. The van der Waals surface area contributed by atoms with Crippen LogP contribution in [0.5, 0.6) is 5.75 Å². The molecule has 0 aliphatic heterocycles. The third kappa shape index (κ3) is 5.59. The molecule has 0 spiro atoms. The van der Waals surface area contributed by atoms with E-state index in [1.54, 1.807) is 33.1 Å². The molecule has 1 amide bonds. The van der Waals surface area contributed by atoms with Crippen molar-refractivity contribution < 1.29 is 27.9 Å². The van der Waals surface area contributed by atoms with E-state index in [9.17, 15) is 23.1 Å². The van der Waals surface area contributed by atoms with Crippen LogP contribution in [0.4, 0.5) is 0 Å². The van der Waals surface area contributed by atoms with Gasteiger partial charge in [-0.3, -0.25) is 9.59 Å². The van der Waals surface area contributed by atoms with Crippen molar-refractivity contribution in [2.75, 3.05) is 20.2 Å². The van der Waals surface area contributed by atoms with E-state index in [1.165, 1.54) is 16.3 Å². The van der Waals surface area contributed by atoms with Gasteiger partial charge in [-0.05, 0) is 79.1 Å². The lowest BCUT2D eigenvalue weighted by Crippen LogP contribution is -2.43. The van der Waals surface area contributed by atoms with E-state index in [2.05, 4.69) is 9.29 Å². The van der Waals surface area contributed by atoms with E-state index >= 15 is 0 Å². The van der Waals surface area contributed by atoms with Crippen molar-refractivity contribution in [1.82, 2.24) is 13.6 Å². The summed E-state index contributed by atoms with van der Waals surface area (Å²) < 4.78 is 36.5. The normalized spacial score (nSPS) is 17.1. The lowest BCUT2D eigenvalue weighted by Gasteiger charge is -2.24. The number of carbonyl (C=O) groups is 2. The number of aliphatic carboxylic acids is 1. The topological polar surface area (TPSA) is 118 Å². The fourth-order valence-corrected chi connectivity index (χ4v) is 7.40. The minimum Gasteiger partial charge on any atom is -0.497 e. The Morgan fingerprint density at radius 1 is 1.05 bits per heavy atom. The van der Waals surface area contributed by atoms with E-state index in [1.807, 2.05) is 30.3 Å². The van der Waals surface area contributed by atoms with Crippen LogP contribution in [-0.4, -0.2) is 54.5 Å². The van der Waals surface area contributed by atoms with Crippen LogP contribution in [0.1, 0.15) is 80.6 Å². The number of carboxylic acid groups (broad SMARTS) is 1. The van der Waals surface area contributed by atoms with Crippen molar-refractivity contribution in [3.8, 4) is 17.0 Å². The molecule has 41 heavy (non-hydrogen) atoms. The highest BCUT2D eigenvalue weighted by Gasteiger charge is 2.51. The Bertz CT molecular complexity index is 1550. The van der Waals surface area contributed by atoms with Crippen molar-refractivity contribution in [1.29, 1.82) is 0 Å². The summed E-state index contributed by atoms with van der Waals surface area (Å²) in [4.78, 5) is 25.6. The number of benzene rings is 2. The van der Waals surface area contributed by atoms with Gasteiger partial charge < -0.3 is 14.4 Å². The summed E-state index contributed by atoms with van der Waals surface area (Å²) in [5, 5.41) is 11.1. The smallest absolute Gasteiger partial charge is 0.311 e. The van der Waals surface area contributed by atoms with Gasteiger partial charge in [-0.1, -0.05) is 39.2 Å². The molecule has 220 valence electrons. The van der Waals surface area contributed by atoms with Crippen molar-refractivity contribution in [3.63, 3.8) is 0 Å². The minimum atomic E-state index is -4.00. The molecule has 10 heteroatoms. The van der Waals surface area contributed by atoms with Crippen LogP contribution < -0.4 is 9.46 Å². The molecule has 2 aromatic carbocycles. The zero-order chi connectivity index (χ0) is 29.4. The first-order chi connectivity index (χ1) is 19.6. The van der Waals surface area contributed by atoms with Gasteiger partial charge in [-0.25, -0.2) is 4.72 Å². The molecule has 1 aromatic heterocycles. The van der Waals surface area contributed by atoms with Crippen LogP contribution >= 0.6 is 0 Å². The molecule has 0 unspecified atom stereocenters. The van der Waals surface area contributed by atoms with Crippen LogP contribution in [0, 0.1) is 5.41 Å². The second kappa shape index (κ2) is 11.5. The second-order valence-corrected chi connectivity index (χ2v) is 12.9. The second-order valence-electron chi connectivity index (χ2n) is 11.2. The molecule has 1 heterocycles. The Morgan fingerprint density at radius 3 is 2.27 bits per heavy atom. The van der Waals surface area contributed by atoms with Gasteiger partial charge in [0.2, 0.25) is 0 Å². The summed E-state index contributed by atoms with van der Waals surface area (Å²) in [6.07, 6.45) is 6.70. The summed E-state index contributed by atoms with van der Waals surface area (Å²) >= 11 is 0. The third-order valence-corrected chi connectivity index (χ3v) is 10.4. The zero-order valence-corrected chi connectivity index (χ0v) is 24.8. The number of nitrogens with one attached hydrogen (secondary N) is 1. The maximum Gasteiger partial charge on any atom is 0.311 e. The Hall–Kier alpha value is -3.37. The Kier molecular flexibility index (Phi) is 8.16. The van der Waals surface area contributed by atoms with Gasteiger partial charge in [0.05, 0.1) is 18.2 Å². The van der Waals surface area contributed by atoms with Gasteiger partial charge in [0, 0.05) is 36.1 Å². The highest BCUT2D eigenvalue weighted by molar-refractivity contribution is 7.87. The number of nitrogens with zero attached hydrogens (tertiary/aromatic N) is 2. The van der Waals surface area contributed by atoms with Gasteiger partial charge >= 0.3 is 16.2 Å². The third-order valence-electron chi connectivity index (χ3n) is 8.78. The molecule has 3 aromatic rings. The predicted molar refractivity (Wildman–Crippen MR) is 158 cm³/mol. The molecule has 2 aliphatic carbocycles. The van der Waals surface area contributed by atoms with Crippen molar-refractivity contribution in [3.05, 3.63) is 53.6 Å². The number of aromatic nitrogens is 1. The summed E-state index contributed by atoms with van der Waals surface area (Å²) in [5.41, 5.74) is 3.20. The van der Waals surface area contributed by atoms with E-state index < -0.39 is 27.5 Å². The Morgan fingerprint density at radius 2 is 1.71 bits per heavy atom. The summed E-state index contributed by atoms with van der Waals surface area (Å²) in [6, 6.07) is 13.1. The van der Waals surface area contributed by atoms with Crippen molar-refractivity contribution in [2.45, 2.75) is 71.3 Å². The van der Waals surface area contributed by atoms with Gasteiger partial charge in [-0.2, -0.15) is 12.7 Å². The van der Waals surface area contributed by atoms with E-state index in [0.717, 1.165) is 53.6 Å². The first-order valence-corrected chi connectivity index (χ1v) is 15.9.